The zero-order valence-electron chi connectivity index (χ0n) is 10.8. The Morgan fingerprint density at radius 1 is 1.21 bits per heavy atom. The number of hydrogen-bond acceptors (Lipinski definition) is 5. The van der Waals surface area contributed by atoms with Crippen LogP contribution in [0.2, 0.25) is 0 Å². The van der Waals surface area contributed by atoms with Gasteiger partial charge in [0.05, 0.1) is 6.61 Å². The first kappa shape index (κ1) is 15.0. The third kappa shape index (κ3) is 5.39. The molecule has 0 aliphatic heterocycles. The van der Waals surface area contributed by atoms with Gasteiger partial charge in [0.2, 0.25) is 0 Å². The van der Waals surface area contributed by atoms with E-state index in [4.69, 9.17) is 19.3 Å². The number of benzene rings is 1. The van der Waals surface area contributed by atoms with Crippen molar-refractivity contribution in [3.8, 4) is 11.5 Å². The molecule has 19 heavy (non-hydrogen) atoms. The van der Waals surface area contributed by atoms with Gasteiger partial charge >= 0.3 is 11.9 Å². The van der Waals surface area contributed by atoms with Gasteiger partial charge in [-0.2, -0.15) is 0 Å². The SMILES string of the molecule is CCOc1ccc(OC(=O)CO[C@H](C)C(=O)O)cc1. The Balaban J connectivity index is 2.41. The highest BCUT2D eigenvalue weighted by molar-refractivity contribution is 5.75. The molecule has 0 saturated carbocycles. The van der Waals surface area contributed by atoms with Crippen molar-refractivity contribution >= 4 is 11.9 Å². The molecule has 0 aliphatic rings. The van der Waals surface area contributed by atoms with Gasteiger partial charge in [-0.25, -0.2) is 9.59 Å². The molecule has 1 rings (SSSR count). The molecule has 0 unspecified atom stereocenters. The second-order valence-electron chi connectivity index (χ2n) is 3.67. The van der Waals surface area contributed by atoms with Crippen molar-refractivity contribution in [1.82, 2.24) is 0 Å². The van der Waals surface area contributed by atoms with Crippen LogP contribution in [0, 0.1) is 0 Å². The Kier molecular flexibility index (Phi) is 5.81. The molecule has 0 heterocycles. The van der Waals surface area contributed by atoms with Crippen LogP contribution in [0.5, 0.6) is 11.5 Å². The smallest absolute Gasteiger partial charge is 0.337 e. The van der Waals surface area contributed by atoms with Crippen LogP contribution in [0.25, 0.3) is 0 Å². The van der Waals surface area contributed by atoms with E-state index >= 15 is 0 Å². The maximum atomic E-state index is 11.4. The topological polar surface area (TPSA) is 82.1 Å². The Bertz CT molecular complexity index is 425. The van der Waals surface area contributed by atoms with Crippen LogP contribution >= 0.6 is 0 Å². The van der Waals surface area contributed by atoms with Gasteiger partial charge in [-0.3, -0.25) is 0 Å². The Morgan fingerprint density at radius 2 is 1.79 bits per heavy atom. The van der Waals surface area contributed by atoms with Crippen LogP contribution in [0.3, 0.4) is 0 Å². The highest BCUT2D eigenvalue weighted by Gasteiger charge is 2.14. The van der Waals surface area contributed by atoms with E-state index < -0.39 is 24.6 Å². The molecule has 0 amide bonds. The average Bonchev–Trinajstić information content (AvgIpc) is 2.38. The van der Waals surface area contributed by atoms with E-state index in [1.165, 1.54) is 6.92 Å². The predicted octanol–water partition coefficient (Wildman–Crippen LogP) is 1.48. The fourth-order valence-corrected chi connectivity index (χ4v) is 1.20. The first-order valence-corrected chi connectivity index (χ1v) is 5.81. The van der Waals surface area contributed by atoms with Crippen molar-refractivity contribution in [3.05, 3.63) is 24.3 Å². The van der Waals surface area contributed by atoms with Gasteiger partial charge in [-0.15, -0.1) is 0 Å². The van der Waals surface area contributed by atoms with Gasteiger partial charge in [-0.1, -0.05) is 0 Å². The van der Waals surface area contributed by atoms with E-state index in [0.29, 0.717) is 18.1 Å². The van der Waals surface area contributed by atoms with Crippen molar-refractivity contribution in [1.29, 1.82) is 0 Å². The molecule has 1 aromatic carbocycles. The minimum Gasteiger partial charge on any atom is -0.494 e. The molecule has 1 atom stereocenters. The van der Waals surface area contributed by atoms with Crippen molar-refractivity contribution in [3.63, 3.8) is 0 Å². The van der Waals surface area contributed by atoms with Crippen LogP contribution in [-0.2, 0) is 14.3 Å². The summed E-state index contributed by atoms with van der Waals surface area (Å²) in [5.41, 5.74) is 0. The lowest BCUT2D eigenvalue weighted by molar-refractivity contribution is -0.153. The van der Waals surface area contributed by atoms with E-state index in [1.54, 1.807) is 24.3 Å². The number of esters is 1. The highest BCUT2D eigenvalue weighted by Crippen LogP contribution is 2.17. The summed E-state index contributed by atoms with van der Waals surface area (Å²) in [5, 5.41) is 8.57. The number of hydrogen-bond donors (Lipinski definition) is 1. The van der Waals surface area contributed by atoms with Crippen molar-refractivity contribution < 1.29 is 28.9 Å². The summed E-state index contributed by atoms with van der Waals surface area (Å²) in [5.74, 6) is -0.760. The fourth-order valence-electron chi connectivity index (χ4n) is 1.20. The van der Waals surface area contributed by atoms with Crippen molar-refractivity contribution in [2.45, 2.75) is 20.0 Å². The minimum atomic E-state index is -1.13. The molecule has 0 aromatic heterocycles. The van der Waals surface area contributed by atoms with Gasteiger partial charge in [0.1, 0.15) is 18.1 Å². The molecule has 1 aromatic rings. The van der Waals surface area contributed by atoms with E-state index in [1.807, 2.05) is 6.92 Å². The van der Waals surface area contributed by atoms with Crippen LogP contribution in [0.15, 0.2) is 24.3 Å². The van der Waals surface area contributed by atoms with E-state index in [2.05, 4.69) is 0 Å². The number of ether oxygens (including phenoxy) is 3. The Hall–Kier alpha value is -2.08. The average molecular weight is 268 g/mol. The molecule has 6 heteroatoms. The largest absolute Gasteiger partial charge is 0.494 e. The maximum Gasteiger partial charge on any atom is 0.337 e. The van der Waals surface area contributed by atoms with E-state index in [0.717, 1.165) is 0 Å². The molecule has 6 nitrogen and oxygen atoms in total. The quantitative estimate of drug-likeness (QED) is 0.596. The number of carbonyl (C=O) groups excluding carboxylic acids is 1. The summed E-state index contributed by atoms with van der Waals surface area (Å²) in [6.07, 6.45) is -1.05. The lowest BCUT2D eigenvalue weighted by Crippen LogP contribution is -2.25. The summed E-state index contributed by atoms with van der Waals surface area (Å²) in [6.45, 7) is 3.35. The molecule has 104 valence electrons. The number of carbonyl (C=O) groups is 2. The summed E-state index contributed by atoms with van der Waals surface area (Å²) < 4.78 is 15.0. The Morgan fingerprint density at radius 3 is 2.32 bits per heavy atom. The zero-order chi connectivity index (χ0) is 14.3. The zero-order valence-corrected chi connectivity index (χ0v) is 10.8. The number of aliphatic carboxylic acids is 1. The molecule has 0 radical (unpaired) electrons. The van der Waals surface area contributed by atoms with Gasteiger partial charge < -0.3 is 19.3 Å². The summed E-state index contributed by atoms with van der Waals surface area (Å²) in [6, 6.07) is 6.52. The number of rotatable bonds is 7. The van der Waals surface area contributed by atoms with Crippen molar-refractivity contribution in [2.75, 3.05) is 13.2 Å². The third-order valence-electron chi connectivity index (χ3n) is 2.17. The van der Waals surface area contributed by atoms with Crippen LogP contribution < -0.4 is 9.47 Å². The molecule has 1 N–H and O–H groups in total. The van der Waals surface area contributed by atoms with E-state index in [-0.39, 0.29) is 0 Å². The molecule has 0 spiro atoms. The first-order valence-electron chi connectivity index (χ1n) is 5.81. The summed E-state index contributed by atoms with van der Waals surface area (Å²) >= 11 is 0. The molecular weight excluding hydrogens is 252 g/mol. The van der Waals surface area contributed by atoms with Gasteiger partial charge in [-0.05, 0) is 38.1 Å². The molecule has 0 saturated heterocycles. The first-order chi connectivity index (χ1) is 9.02. The molecular formula is C13H16O6. The van der Waals surface area contributed by atoms with Crippen LogP contribution in [-0.4, -0.2) is 36.4 Å². The normalized spacial score (nSPS) is 11.7. The third-order valence-corrected chi connectivity index (χ3v) is 2.17. The highest BCUT2D eigenvalue weighted by atomic mass is 16.6. The summed E-state index contributed by atoms with van der Waals surface area (Å²) in [7, 11) is 0. The predicted molar refractivity (Wildman–Crippen MR) is 66.3 cm³/mol. The minimum absolute atomic E-state index is 0.347. The monoisotopic (exact) mass is 268 g/mol. The number of carboxylic acid groups (broad SMARTS) is 1. The van der Waals surface area contributed by atoms with Gasteiger partial charge in [0, 0.05) is 0 Å². The Labute approximate surface area is 110 Å². The van der Waals surface area contributed by atoms with Gasteiger partial charge in [0.25, 0.3) is 0 Å². The number of carboxylic acids is 1. The standard InChI is InChI=1S/C13H16O6/c1-3-17-10-4-6-11(7-5-10)19-12(14)8-18-9(2)13(15)16/h4-7,9H,3,8H2,1-2H3,(H,15,16)/t9-/m1/s1. The van der Waals surface area contributed by atoms with Gasteiger partial charge in [0.15, 0.2) is 6.10 Å². The maximum absolute atomic E-state index is 11.4. The van der Waals surface area contributed by atoms with E-state index in [9.17, 15) is 9.59 Å². The molecule has 0 bridgehead atoms. The fraction of sp³-hybridized carbons (Fsp3) is 0.385. The summed E-state index contributed by atoms with van der Waals surface area (Å²) in [4.78, 5) is 21.9. The second-order valence-corrected chi connectivity index (χ2v) is 3.67. The van der Waals surface area contributed by atoms with Crippen LogP contribution in [0.1, 0.15) is 13.8 Å². The molecule has 0 fully saturated rings. The lowest BCUT2D eigenvalue weighted by atomic mass is 10.3. The lowest BCUT2D eigenvalue weighted by Gasteiger charge is -2.08. The molecule has 0 aliphatic carbocycles. The van der Waals surface area contributed by atoms with Crippen molar-refractivity contribution in [2.24, 2.45) is 0 Å². The second kappa shape index (κ2) is 7.38. The van der Waals surface area contributed by atoms with Crippen LogP contribution in [0.4, 0.5) is 0 Å².